The van der Waals surface area contributed by atoms with Crippen LogP contribution in [0.25, 0.3) is 0 Å². The van der Waals surface area contributed by atoms with Crippen LogP contribution >= 0.6 is 27.5 Å². The van der Waals surface area contributed by atoms with Crippen LogP contribution in [0.1, 0.15) is 5.56 Å². The van der Waals surface area contributed by atoms with Crippen LogP contribution in [0.4, 0.5) is 10.1 Å². The van der Waals surface area contributed by atoms with Crippen LogP contribution in [0.15, 0.2) is 45.8 Å². The molecule has 112 valence electrons. The van der Waals surface area contributed by atoms with Crippen molar-refractivity contribution in [1.29, 1.82) is 0 Å². The molecular formula is C13H10BrClFNO3S. The first kappa shape index (κ1) is 16.2. The second kappa shape index (κ2) is 6.31. The summed E-state index contributed by atoms with van der Waals surface area (Å²) in [6, 6.07) is 7.74. The van der Waals surface area contributed by atoms with Gasteiger partial charge in [-0.05, 0) is 51.8 Å². The third-order valence-corrected chi connectivity index (χ3v) is 5.04. The van der Waals surface area contributed by atoms with Gasteiger partial charge in [0.05, 0.1) is 17.2 Å². The fourth-order valence-corrected chi connectivity index (χ4v) is 3.65. The molecule has 0 bridgehead atoms. The van der Waals surface area contributed by atoms with Crippen molar-refractivity contribution in [2.45, 2.75) is 11.5 Å². The second-order valence-corrected chi connectivity index (χ2v) is 7.08. The van der Waals surface area contributed by atoms with Gasteiger partial charge in [-0.1, -0.05) is 17.7 Å². The predicted octanol–water partition coefficient (Wildman–Crippen LogP) is 3.53. The molecule has 0 aliphatic carbocycles. The molecule has 0 saturated heterocycles. The van der Waals surface area contributed by atoms with Gasteiger partial charge >= 0.3 is 0 Å². The minimum Gasteiger partial charge on any atom is -0.392 e. The van der Waals surface area contributed by atoms with E-state index in [2.05, 4.69) is 20.7 Å². The van der Waals surface area contributed by atoms with E-state index in [0.717, 1.165) is 12.1 Å². The molecule has 0 amide bonds. The summed E-state index contributed by atoms with van der Waals surface area (Å²) in [5, 5.41) is 9.54. The van der Waals surface area contributed by atoms with Gasteiger partial charge in [0.15, 0.2) is 0 Å². The zero-order valence-corrected chi connectivity index (χ0v) is 13.6. The van der Waals surface area contributed by atoms with Crippen molar-refractivity contribution in [1.82, 2.24) is 0 Å². The van der Waals surface area contributed by atoms with Crippen molar-refractivity contribution in [2.75, 3.05) is 4.72 Å². The van der Waals surface area contributed by atoms with Crippen LogP contribution in [0.2, 0.25) is 5.02 Å². The van der Waals surface area contributed by atoms with Gasteiger partial charge in [-0.2, -0.15) is 0 Å². The van der Waals surface area contributed by atoms with E-state index in [9.17, 15) is 17.9 Å². The number of nitrogens with one attached hydrogen (secondary N) is 1. The quantitative estimate of drug-likeness (QED) is 0.833. The summed E-state index contributed by atoms with van der Waals surface area (Å²) in [7, 11) is -4.06. The fraction of sp³-hybridized carbons (Fsp3) is 0.0769. The summed E-state index contributed by atoms with van der Waals surface area (Å²) in [5.41, 5.74) is 0.317. The molecule has 8 heteroatoms. The second-order valence-electron chi connectivity index (χ2n) is 4.14. The van der Waals surface area contributed by atoms with Crippen LogP contribution in [0.5, 0.6) is 0 Å². The molecule has 0 aliphatic heterocycles. The Morgan fingerprint density at radius 2 is 1.95 bits per heavy atom. The van der Waals surface area contributed by atoms with E-state index in [4.69, 9.17) is 11.6 Å². The molecule has 0 unspecified atom stereocenters. The summed E-state index contributed by atoms with van der Waals surface area (Å²) in [4.78, 5) is -0.322. The Morgan fingerprint density at radius 3 is 2.62 bits per heavy atom. The summed E-state index contributed by atoms with van der Waals surface area (Å²) in [6.07, 6.45) is 0. The van der Waals surface area contributed by atoms with Gasteiger partial charge in [0.2, 0.25) is 0 Å². The largest absolute Gasteiger partial charge is 0.392 e. The predicted molar refractivity (Wildman–Crippen MR) is 82.3 cm³/mol. The summed E-state index contributed by atoms with van der Waals surface area (Å²) >= 11 is 9.02. The number of hydrogen-bond acceptors (Lipinski definition) is 3. The minimum absolute atomic E-state index is 0.0991. The zero-order valence-electron chi connectivity index (χ0n) is 10.5. The molecule has 2 rings (SSSR count). The summed E-state index contributed by atoms with van der Waals surface area (Å²) in [5.74, 6) is -0.710. The Morgan fingerprint density at radius 1 is 1.24 bits per heavy atom. The van der Waals surface area contributed by atoms with E-state index >= 15 is 0 Å². The Bertz CT molecular complexity index is 783. The molecule has 0 aliphatic rings. The molecular weight excluding hydrogens is 385 g/mol. The van der Waals surface area contributed by atoms with E-state index in [0.29, 0.717) is 9.50 Å². The van der Waals surface area contributed by atoms with Crippen molar-refractivity contribution in [3.05, 3.63) is 57.3 Å². The normalized spacial score (nSPS) is 11.4. The topological polar surface area (TPSA) is 66.4 Å². The highest BCUT2D eigenvalue weighted by Gasteiger charge is 2.20. The first-order chi connectivity index (χ1) is 9.83. The Labute approximate surface area is 134 Å². The Hall–Kier alpha value is -1.15. The number of benzene rings is 2. The van der Waals surface area contributed by atoms with Gasteiger partial charge in [-0.3, -0.25) is 4.72 Å². The lowest BCUT2D eigenvalue weighted by Crippen LogP contribution is -2.15. The molecule has 0 heterocycles. The van der Waals surface area contributed by atoms with Gasteiger partial charge in [-0.25, -0.2) is 12.8 Å². The molecule has 0 fully saturated rings. The maximum Gasteiger partial charge on any atom is 0.262 e. The highest BCUT2D eigenvalue weighted by molar-refractivity contribution is 9.10. The van der Waals surface area contributed by atoms with Crippen molar-refractivity contribution in [2.24, 2.45) is 0 Å². The van der Waals surface area contributed by atoms with E-state index in [1.165, 1.54) is 12.1 Å². The van der Waals surface area contributed by atoms with Crippen molar-refractivity contribution in [3.8, 4) is 0 Å². The smallest absolute Gasteiger partial charge is 0.262 e. The molecule has 0 radical (unpaired) electrons. The third-order valence-electron chi connectivity index (χ3n) is 2.66. The highest BCUT2D eigenvalue weighted by atomic mass is 79.9. The monoisotopic (exact) mass is 393 g/mol. The first-order valence-electron chi connectivity index (χ1n) is 5.70. The molecule has 2 aromatic carbocycles. The van der Waals surface area contributed by atoms with Crippen LogP contribution in [0, 0.1) is 5.82 Å². The van der Waals surface area contributed by atoms with E-state index in [1.54, 1.807) is 12.1 Å². The average Bonchev–Trinajstić information content (AvgIpc) is 2.42. The fourth-order valence-electron chi connectivity index (χ4n) is 1.68. The number of halogens is 3. The number of rotatable bonds is 4. The lowest BCUT2D eigenvalue weighted by Gasteiger charge is -2.12. The van der Waals surface area contributed by atoms with Gasteiger partial charge in [0.25, 0.3) is 10.0 Å². The van der Waals surface area contributed by atoms with Crippen molar-refractivity contribution >= 4 is 43.2 Å². The molecule has 0 atom stereocenters. The van der Waals surface area contributed by atoms with Crippen molar-refractivity contribution < 1.29 is 17.9 Å². The van der Waals surface area contributed by atoms with Gasteiger partial charge < -0.3 is 5.11 Å². The maximum atomic E-state index is 13.3. The minimum atomic E-state index is -4.06. The van der Waals surface area contributed by atoms with Gasteiger partial charge in [0.1, 0.15) is 5.82 Å². The Kier molecular flexibility index (Phi) is 4.88. The lowest BCUT2D eigenvalue weighted by molar-refractivity contribution is 0.278. The molecule has 0 saturated carbocycles. The zero-order chi connectivity index (χ0) is 15.6. The number of hydrogen-bond donors (Lipinski definition) is 2. The number of aliphatic hydroxyl groups is 1. The highest BCUT2D eigenvalue weighted by Crippen LogP contribution is 2.29. The number of sulfonamides is 1. The van der Waals surface area contributed by atoms with E-state index in [1.807, 2.05) is 0 Å². The molecule has 4 nitrogen and oxygen atoms in total. The lowest BCUT2D eigenvalue weighted by atomic mass is 10.2. The maximum absolute atomic E-state index is 13.3. The molecule has 0 spiro atoms. The number of aliphatic hydroxyl groups excluding tert-OH is 1. The molecule has 21 heavy (non-hydrogen) atoms. The van der Waals surface area contributed by atoms with Crippen LogP contribution in [0.3, 0.4) is 0 Å². The third kappa shape index (κ3) is 3.74. The van der Waals surface area contributed by atoms with Crippen molar-refractivity contribution in [3.63, 3.8) is 0 Å². The van der Waals surface area contributed by atoms with E-state index in [-0.39, 0.29) is 16.1 Å². The first-order valence-corrected chi connectivity index (χ1v) is 8.36. The average molecular weight is 395 g/mol. The van der Waals surface area contributed by atoms with Crippen LogP contribution in [-0.2, 0) is 16.6 Å². The SMILES string of the molecule is O=S(=O)(Nc1cc(Cl)ccc1Br)c1cc(F)ccc1CO. The summed E-state index contributed by atoms with van der Waals surface area (Å²) < 4.78 is 40.8. The summed E-state index contributed by atoms with van der Waals surface area (Å²) in [6.45, 7) is -0.521. The van der Waals surface area contributed by atoms with Crippen LogP contribution < -0.4 is 4.72 Å². The Balaban J connectivity index is 2.48. The van der Waals surface area contributed by atoms with Gasteiger partial charge in [-0.15, -0.1) is 0 Å². The number of anilines is 1. The molecule has 0 aromatic heterocycles. The standard InChI is InChI=1S/C13H10BrClFNO3S/c14-11-4-2-9(15)5-12(11)17-21(19,20)13-6-10(16)3-1-8(13)7-18/h1-6,17-18H,7H2. The molecule has 2 N–H and O–H groups in total. The molecule has 2 aromatic rings. The van der Waals surface area contributed by atoms with Crippen LogP contribution in [-0.4, -0.2) is 13.5 Å². The van der Waals surface area contributed by atoms with E-state index < -0.39 is 22.4 Å². The van der Waals surface area contributed by atoms with Gasteiger partial charge in [0, 0.05) is 9.50 Å².